The van der Waals surface area contributed by atoms with Gasteiger partial charge in [0, 0.05) is 43.8 Å². The standard InChI is InChI=1S/C20H22N4O3/c1-23-10-8-21-19(23)18(25)15-6-4-9-24(13-15)20(26)22-12-16-11-14-5-2-3-7-17(14)27-16/h2-3,5,7-8,10-11,15H,4,6,9,12-13H2,1H3,(H,22,26)/t15-/m1/s1. The molecule has 1 aromatic carbocycles. The first-order valence-corrected chi connectivity index (χ1v) is 9.13. The Morgan fingerprint density at radius 3 is 2.96 bits per heavy atom. The van der Waals surface area contributed by atoms with Gasteiger partial charge in [0.1, 0.15) is 11.3 Å². The highest BCUT2D eigenvalue weighted by atomic mass is 16.3. The van der Waals surface area contributed by atoms with E-state index >= 15 is 0 Å². The van der Waals surface area contributed by atoms with E-state index in [9.17, 15) is 9.59 Å². The maximum atomic E-state index is 12.7. The lowest BCUT2D eigenvalue weighted by atomic mass is 9.93. The first-order chi connectivity index (χ1) is 13.1. The Morgan fingerprint density at radius 2 is 2.19 bits per heavy atom. The molecule has 1 aliphatic heterocycles. The fourth-order valence-corrected chi connectivity index (χ4v) is 3.56. The summed E-state index contributed by atoms with van der Waals surface area (Å²) >= 11 is 0. The number of furan rings is 1. The second-order valence-electron chi connectivity index (χ2n) is 6.92. The molecule has 0 bridgehead atoms. The molecule has 1 atom stereocenters. The summed E-state index contributed by atoms with van der Waals surface area (Å²) in [7, 11) is 1.81. The number of nitrogens with one attached hydrogen (secondary N) is 1. The number of amides is 2. The highest BCUT2D eigenvalue weighted by Gasteiger charge is 2.30. The van der Waals surface area contributed by atoms with Crippen LogP contribution in [0.15, 0.2) is 47.1 Å². The number of carbonyl (C=O) groups excluding carboxylic acids is 2. The van der Waals surface area contributed by atoms with E-state index in [1.807, 2.05) is 30.3 Å². The van der Waals surface area contributed by atoms with Crippen LogP contribution in [0.2, 0.25) is 0 Å². The Hall–Kier alpha value is -3.09. The van der Waals surface area contributed by atoms with Crippen LogP contribution in [0.4, 0.5) is 4.79 Å². The maximum Gasteiger partial charge on any atom is 0.317 e. The quantitative estimate of drug-likeness (QED) is 0.720. The number of piperidine rings is 1. The van der Waals surface area contributed by atoms with Gasteiger partial charge in [0.2, 0.25) is 5.78 Å². The predicted molar refractivity (Wildman–Crippen MR) is 100 cm³/mol. The van der Waals surface area contributed by atoms with Crippen LogP contribution in [0.5, 0.6) is 0 Å². The average molecular weight is 366 g/mol. The number of imidazole rings is 1. The lowest BCUT2D eigenvalue weighted by Crippen LogP contribution is -2.47. The van der Waals surface area contributed by atoms with Gasteiger partial charge in [-0.2, -0.15) is 0 Å². The van der Waals surface area contributed by atoms with Gasteiger partial charge in [0.15, 0.2) is 5.82 Å². The second kappa shape index (κ2) is 7.26. The molecule has 3 aromatic rings. The third-order valence-corrected chi connectivity index (χ3v) is 5.01. The van der Waals surface area contributed by atoms with Crippen LogP contribution in [0.25, 0.3) is 11.0 Å². The van der Waals surface area contributed by atoms with Crippen molar-refractivity contribution in [2.75, 3.05) is 13.1 Å². The molecule has 1 N–H and O–H groups in total. The van der Waals surface area contributed by atoms with Crippen molar-refractivity contribution in [2.24, 2.45) is 13.0 Å². The lowest BCUT2D eigenvalue weighted by molar-refractivity contribution is 0.0831. The van der Waals surface area contributed by atoms with Gasteiger partial charge in [-0.25, -0.2) is 9.78 Å². The minimum Gasteiger partial charge on any atom is -0.459 e. The summed E-state index contributed by atoms with van der Waals surface area (Å²) in [6.07, 6.45) is 4.96. The Morgan fingerprint density at radius 1 is 1.33 bits per heavy atom. The van der Waals surface area contributed by atoms with E-state index in [4.69, 9.17) is 4.42 Å². The molecule has 0 spiro atoms. The molecule has 1 aliphatic rings. The van der Waals surface area contributed by atoms with Crippen LogP contribution >= 0.6 is 0 Å². The molecule has 1 fully saturated rings. The van der Waals surface area contributed by atoms with Crippen molar-refractivity contribution < 1.29 is 14.0 Å². The third kappa shape index (κ3) is 3.58. The molecule has 0 unspecified atom stereocenters. The smallest absolute Gasteiger partial charge is 0.317 e. The van der Waals surface area contributed by atoms with Crippen molar-refractivity contribution in [1.29, 1.82) is 0 Å². The Labute approximate surface area is 157 Å². The molecular formula is C20H22N4O3. The average Bonchev–Trinajstić information content (AvgIpc) is 3.31. The summed E-state index contributed by atoms with van der Waals surface area (Å²) in [5, 5.41) is 3.91. The van der Waals surface area contributed by atoms with Crippen molar-refractivity contribution in [3.63, 3.8) is 0 Å². The van der Waals surface area contributed by atoms with Gasteiger partial charge in [-0.1, -0.05) is 18.2 Å². The number of aryl methyl sites for hydroxylation is 1. The zero-order valence-corrected chi connectivity index (χ0v) is 15.2. The second-order valence-corrected chi connectivity index (χ2v) is 6.92. The van der Waals surface area contributed by atoms with Crippen molar-refractivity contribution in [2.45, 2.75) is 19.4 Å². The number of rotatable bonds is 4. The first kappa shape index (κ1) is 17.3. The van der Waals surface area contributed by atoms with Gasteiger partial charge < -0.3 is 19.2 Å². The summed E-state index contributed by atoms with van der Waals surface area (Å²) in [4.78, 5) is 31.1. The Kier molecular flexibility index (Phi) is 4.66. The summed E-state index contributed by atoms with van der Waals surface area (Å²) in [6.45, 7) is 1.38. The SMILES string of the molecule is Cn1ccnc1C(=O)[C@@H]1CCCN(C(=O)NCc2cc3ccccc3o2)C1. The van der Waals surface area contributed by atoms with Crippen molar-refractivity contribution in [3.05, 3.63) is 54.3 Å². The van der Waals surface area contributed by atoms with Crippen LogP contribution in [-0.4, -0.2) is 39.4 Å². The number of carbonyl (C=O) groups is 2. The largest absolute Gasteiger partial charge is 0.459 e. The normalized spacial score (nSPS) is 17.2. The van der Waals surface area contributed by atoms with Gasteiger partial charge in [-0.15, -0.1) is 0 Å². The van der Waals surface area contributed by atoms with Gasteiger partial charge in [-0.3, -0.25) is 4.79 Å². The summed E-state index contributed by atoms with van der Waals surface area (Å²) in [6, 6.07) is 9.50. The third-order valence-electron chi connectivity index (χ3n) is 5.01. The highest BCUT2D eigenvalue weighted by Crippen LogP contribution is 2.21. The molecule has 2 amide bonds. The van der Waals surface area contributed by atoms with Crippen LogP contribution < -0.4 is 5.32 Å². The predicted octanol–water partition coefficient (Wildman–Crippen LogP) is 2.97. The zero-order chi connectivity index (χ0) is 18.8. The molecule has 2 aromatic heterocycles. The molecule has 140 valence electrons. The van der Waals surface area contributed by atoms with Gasteiger partial charge in [0.05, 0.1) is 6.54 Å². The Bertz CT molecular complexity index is 941. The lowest BCUT2D eigenvalue weighted by Gasteiger charge is -2.31. The van der Waals surface area contributed by atoms with E-state index in [1.165, 1.54) is 0 Å². The number of aromatic nitrogens is 2. The molecular weight excluding hydrogens is 344 g/mol. The van der Waals surface area contributed by atoms with Gasteiger partial charge in [-0.05, 0) is 25.0 Å². The maximum absolute atomic E-state index is 12.7. The number of hydrogen-bond donors (Lipinski definition) is 1. The topological polar surface area (TPSA) is 80.4 Å². The number of fused-ring (bicyclic) bond motifs is 1. The molecule has 0 aliphatic carbocycles. The van der Waals surface area contributed by atoms with E-state index in [1.54, 1.807) is 28.9 Å². The summed E-state index contributed by atoms with van der Waals surface area (Å²) in [5.74, 6) is 0.945. The number of urea groups is 1. The highest BCUT2D eigenvalue weighted by molar-refractivity contribution is 5.95. The van der Waals surface area contributed by atoms with Crippen molar-refractivity contribution in [1.82, 2.24) is 19.8 Å². The molecule has 7 nitrogen and oxygen atoms in total. The summed E-state index contributed by atoms with van der Waals surface area (Å²) in [5.41, 5.74) is 0.806. The molecule has 27 heavy (non-hydrogen) atoms. The van der Waals surface area contributed by atoms with Crippen molar-refractivity contribution >= 4 is 22.8 Å². The van der Waals surface area contributed by atoms with E-state index in [0.29, 0.717) is 31.2 Å². The van der Waals surface area contributed by atoms with Gasteiger partial charge >= 0.3 is 6.03 Å². The van der Waals surface area contributed by atoms with Crippen LogP contribution in [0, 0.1) is 5.92 Å². The first-order valence-electron chi connectivity index (χ1n) is 9.13. The molecule has 3 heterocycles. The molecule has 0 radical (unpaired) electrons. The summed E-state index contributed by atoms with van der Waals surface area (Å²) < 4.78 is 7.45. The van der Waals surface area contributed by atoms with Crippen LogP contribution in [0.1, 0.15) is 29.2 Å². The van der Waals surface area contributed by atoms with E-state index in [2.05, 4.69) is 10.3 Å². The van der Waals surface area contributed by atoms with E-state index in [-0.39, 0.29) is 17.7 Å². The minimum absolute atomic E-state index is 0.00251. The van der Waals surface area contributed by atoms with Crippen LogP contribution in [-0.2, 0) is 13.6 Å². The molecule has 0 saturated carbocycles. The fraction of sp³-hybridized carbons (Fsp3) is 0.350. The zero-order valence-electron chi connectivity index (χ0n) is 15.2. The number of nitrogens with zero attached hydrogens (tertiary/aromatic N) is 3. The monoisotopic (exact) mass is 366 g/mol. The minimum atomic E-state index is -0.211. The van der Waals surface area contributed by atoms with Crippen molar-refractivity contribution in [3.8, 4) is 0 Å². The fourth-order valence-electron chi connectivity index (χ4n) is 3.56. The number of ketones is 1. The van der Waals surface area contributed by atoms with Gasteiger partial charge in [0.25, 0.3) is 0 Å². The molecule has 1 saturated heterocycles. The molecule has 4 rings (SSSR count). The number of likely N-dealkylation sites (tertiary alicyclic amines) is 1. The Balaban J connectivity index is 1.37. The number of para-hydroxylation sites is 1. The molecule has 7 heteroatoms. The van der Waals surface area contributed by atoms with E-state index in [0.717, 1.165) is 23.8 Å². The number of Topliss-reactive ketones (excluding diaryl/α,β-unsaturated/α-hetero) is 1. The van der Waals surface area contributed by atoms with E-state index < -0.39 is 0 Å². The number of hydrogen-bond acceptors (Lipinski definition) is 4. The number of benzene rings is 1. The van der Waals surface area contributed by atoms with Crippen LogP contribution in [0.3, 0.4) is 0 Å².